The predicted molar refractivity (Wildman–Crippen MR) is 93.3 cm³/mol. The molecule has 1 atom stereocenters. The number of hydrogen-bond donors (Lipinski definition) is 2. The van der Waals surface area contributed by atoms with Crippen LogP contribution in [-0.4, -0.2) is 19.1 Å². The van der Waals surface area contributed by atoms with Gasteiger partial charge in [0.05, 0.1) is 7.11 Å². The molecule has 0 saturated carbocycles. The van der Waals surface area contributed by atoms with E-state index in [1.807, 2.05) is 12.1 Å². The van der Waals surface area contributed by atoms with Crippen LogP contribution in [0.3, 0.4) is 0 Å². The first-order valence-corrected chi connectivity index (χ1v) is 7.92. The van der Waals surface area contributed by atoms with Gasteiger partial charge >= 0.3 is 0 Å². The highest BCUT2D eigenvalue weighted by atomic mass is 16.5. The summed E-state index contributed by atoms with van der Waals surface area (Å²) in [5.74, 6) is 1.19. The molecule has 0 spiro atoms. The van der Waals surface area contributed by atoms with Gasteiger partial charge in [-0.05, 0) is 48.7 Å². The number of carbonyl (C=O) groups is 1. The van der Waals surface area contributed by atoms with Crippen LogP contribution in [-0.2, 0) is 6.42 Å². The molecule has 1 amide bonds. The first kappa shape index (κ1) is 15.4. The Morgan fingerprint density at radius 3 is 2.61 bits per heavy atom. The molecular formula is C19H22N2O2. The zero-order valence-electron chi connectivity index (χ0n) is 13.7. The highest BCUT2D eigenvalue weighted by Gasteiger charge is 2.25. The lowest BCUT2D eigenvalue weighted by atomic mass is 9.99. The second-order valence-electron chi connectivity index (χ2n) is 6.21. The van der Waals surface area contributed by atoms with E-state index in [0.29, 0.717) is 17.5 Å². The summed E-state index contributed by atoms with van der Waals surface area (Å²) in [5, 5.41) is 6.57. The third kappa shape index (κ3) is 3.16. The number of methoxy groups -OCH3 is 1. The number of ether oxygens (including phenoxy) is 1. The van der Waals surface area contributed by atoms with Gasteiger partial charge in [-0.1, -0.05) is 19.9 Å². The van der Waals surface area contributed by atoms with Crippen molar-refractivity contribution in [2.24, 2.45) is 5.92 Å². The molecule has 4 nitrogen and oxygen atoms in total. The van der Waals surface area contributed by atoms with E-state index < -0.39 is 0 Å². The lowest BCUT2D eigenvalue weighted by molar-refractivity contribution is 0.102. The summed E-state index contributed by atoms with van der Waals surface area (Å²) in [6, 6.07) is 13.5. The Bertz CT molecular complexity index is 708. The molecule has 0 saturated heterocycles. The zero-order valence-corrected chi connectivity index (χ0v) is 13.7. The van der Waals surface area contributed by atoms with Gasteiger partial charge in [0, 0.05) is 28.5 Å². The normalized spacial score (nSPS) is 15.9. The Hall–Kier alpha value is -2.49. The lowest BCUT2D eigenvalue weighted by Crippen LogP contribution is -2.22. The summed E-state index contributed by atoms with van der Waals surface area (Å²) in [6.45, 7) is 4.41. The molecule has 0 aliphatic carbocycles. The Labute approximate surface area is 136 Å². The number of nitrogens with one attached hydrogen (secondary N) is 2. The molecular weight excluding hydrogens is 288 g/mol. The fourth-order valence-electron chi connectivity index (χ4n) is 2.87. The van der Waals surface area contributed by atoms with Crippen LogP contribution in [0.1, 0.15) is 29.8 Å². The highest BCUT2D eigenvalue weighted by Crippen LogP contribution is 2.34. The first-order chi connectivity index (χ1) is 11.1. The van der Waals surface area contributed by atoms with Crippen LogP contribution in [0.15, 0.2) is 42.5 Å². The van der Waals surface area contributed by atoms with Crippen LogP contribution < -0.4 is 15.4 Å². The van der Waals surface area contributed by atoms with Crippen molar-refractivity contribution in [2.45, 2.75) is 26.3 Å². The first-order valence-electron chi connectivity index (χ1n) is 7.92. The van der Waals surface area contributed by atoms with Gasteiger partial charge in [-0.2, -0.15) is 0 Å². The minimum atomic E-state index is -0.103. The van der Waals surface area contributed by atoms with Crippen molar-refractivity contribution in [3.05, 3.63) is 53.6 Å². The van der Waals surface area contributed by atoms with Gasteiger partial charge in [-0.15, -0.1) is 0 Å². The van der Waals surface area contributed by atoms with Gasteiger partial charge in [0.25, 0.3) is 5.91 Å². The fraction of sp³-hybridized carbons (Fsp3) is 0.316. The Morgan fingerprint density at radius 2 is 1.96 bits per heavy atom. The molecule has 3 rings (SSSR count). The maximum Gasteiger partial charge on any atom is 0.255 e. The average Bonchev–Trinajstić information content (AvgIpc) is 3.00. The SMILES string of the molecule is COc1ccc(C(=O)Nc2cccc3c2CC(C(C)C)N3)cc1. The maximum atomic E-state index is 12.5. The van der Waals surface area contributed by atoms with Crippen molar-refractivity contribution < 1.29 is 9.53 Å². The number of fused-ring (bicyclic) bond motifs is 1. The third-order valence-electron chi connectivity index (χ3n) is 4.35. The minimum Gasteiger partial charge on any atom is -0.497 e. The summed E-state index contributed by atoms with van der Waals surface area (Å²) in [5.41, 5.74) is 3.82. The summed E-state index contributed by atoms with van der Waals surface area (Å²) in [6.07, 6.45) is 0.937. The lowest BCUT2D eigenvalue weighted by Gasteiger charge is -2.14. The van der Waals surface area contributed by atoms with Crippen molar-refractivity contribution >= 4 is 17.3 Å². The fourth-order valence-corrected chi connectivity index (χ4v) is 2.87. The third-order valence-corrected chi connectivity index (χ3v) is 4.35. The Balaban J connectivity index is 1.79. The Kier molecular flexibility index (Phi) is 4.24. The summed E-state index contributed by atoms with van der Waals surface area (Å²) in [4.78, 5) is 12.5. The van der Waals surface area contributed by atoms with Gasteiger partial charge < -0.3 is 15.4 Å². The van der Waals surface area contributed by atoms with E-state index in [0.717, 1.165) is 23.5 Å². The van der Waals surface area contributed by atoms with E-state index in [1.165, 1.54) is 5.56 Å². The van der Waals surface area contributed by atoms with Gasteiger partial charge in [0.15, 0.2) is 0 Å². The summed E-state index contributed by atoms with van der Waals surface area (Å²) >= 11 is 0. The average molecular weight is 310 g/mol. The van der Waals surface area contributed by atoms with Crippen molar-refractivity contribution in [2.75, 3.05) is 17.7 Å². The zero-order chi connectivity index (χ0) is 16.4. The van der Waals surface area contributed by atoms with Gasteiger partial charge in [0.2, 0.25) is 0 Å². The molecule has 2 aromatic rings. The van der Waals surface area contributed by atoms with E-state index in [9.17, 15) is 4.79 Å². The molecule has 2 N–H and O–H groups in total. The van der Waals surface area contributed by atoms with Crippen LogP contribution in [0, 0.1) is 5.92 Å². The number of amides is 1. The molecule has 120 valence electrons. The molecule has 0 bridgehead atoms. The molecule has 0 fully saturated rings. The molecule has 1 aliphatic heterocycles. The number of carbonyl (C=O) groups excluding carboxylic acids is 1. The second kappa shape index (κ2) is 6.32. The molecule has 1 heterocycles. The van der Waals surface area contributed by atoms with E-state index in [2.05, 4.69) is 30.5 Å². The maximum absolute atomic E-state index is 12.5. The number of rotatable bonds is 4. The molecule has 1 unspecified atom stereocenters. The topological polar surface area (TPSA) is 50.4 Å². The van der Waals surface area contributed by atoms with Crippen molar-refractivity contribution in [3.63, 3.8) is 0 Å². The van der Waals surface area contributed by atoms with Crippen LogP contribution in [0.2, 0.25) is 0 Å². The van der Waals surface area contributed by atoms with Gasteiger partial charge in [0.1, 0.15) is 5.75 Å². The van der Waals surface area contributed by atoms with Crippen molar-refractivity contribution in [1.82, 2.24) is 0 Å². The van der Waals surface area contributed by atoms with Crippen LogP contribution in [0.4, 0.5) is 11.4 Å². The standard InChI is InChI=1S/C19H22N2O2/c1-12(2)18-11-15-16(20-18)5-4-6-17(15)21-19(22)13-7-9-14(23-3)10-8-13/h4-10,12,18,20H,11H2,1-3H3,(H,21,22). The molecule has 23 heavy (non-hydrogen) atoms. The largest absolute Gasteiger partial charge is 0.497 e. The number of hydrogen-bond acceptors (Lipinski definition) is 3. The van der Waals surface area contributed by atoms with E-state index in [-0.39, 0.29) is 5.91 Å². The monoisotopic (exact) mass is 310 g/mol. The molecule has 0 aromatic heterocycles. The quantitative estimate of drug-likeness (QED) is 0.899. The van der Waals surface area contributed by atoms with Gasteiger partial charge in [-0.3, -0.25) is 4.79 Å². The number of benzene rings is 2. The van der Waals surface area contributed by atoms with Crippen LogP contribution in [0.5, 0.6) is 5.75 Å². The molecule has 2 aromatic carbocycles. The number of anilines is 2. The van der Waals surface area contributed by atoms with Gasteiger partial charge in [-0.25, -0.2) is 0 Å². The Morgan fingerprint density at radius 1 is 1.22 bits per heavy atom. The minimum absolute atomic E-state index is 0.103. The molecule has 4 heteroatoms. The van der Waals surface area contributed by atoms with Crippen LogP contribution in [0.25, 0.3) is 0 Å². The molecule has 1 aliphatic rings. The second-order valence-corrected chi connectivity index (χ2v) is 6.21. The molecule has 0 radical (unpaired) electrons. The van der Waals surface area contributed by atoms with E-state index in [1.54, 1.807) is 31.4 Å². The van der Waals surface area contributed by atoms with Crippen LogP contribution >= 0.6 is 0 Å². The highest BCUT2D eigenvalue weighted by molar-refractivity contribution is 6.05. The van der Waals surface area contributed by atoms with E-state index >= 15 is 0 Å². The van der Waals surface area contributed by atoms with Crippen molar-refractivity contribution in [1.29, 1.82) is 0 Å². The van der Waals surface area contributed by atoms with Crippen molar-refractivity contribution in [3.8, 4) is 5.75 Å². The predicted octanol–water partition coefficient (Wildman–Crippen LogP) is 3.94. The smallest absolute Gasteiger partial charge is 0.255 e. The summed E-state index contributed by atoms with van der Waals surface area (Å²) in [7, 11) is 1.61. The van der Waals surface area contributed by atoms with E-state index in [4.69, 9.17) is 4.74 Å². The summed E-state index contributed by atoms with van der Waals surface area (Å²) < 4.78 is 5.12.